The van der Waals surface area contributed by atoms with Crippen LogP contribution in [-0.2, 0) is 19.9 Å². The molecular formula is C10H12BrClN2O5S2. The smallest absolute Gasteiger partial charge is 0.252 e. The number of hydrogen-bond donors (Lipinski definition) is 2. The minimum absolute atomic E-state index is 0.120. The molecule has 1 aromatic carbocycles. The predicted octanol–water partition coefficient (Wildman–Crippen LogP) is 0.524. The largest absolute Gasteiger partial charge is 0.351 e. The summed E-state index contributed by atoms with van der Waals surface area (Å²) in [4.78, 5) is 11.5. The highest BCUT2D eigenvalue weighted by Gasteiger charge is 2.21. The first kappa shape index (κ1) is 18.4. The normalized spacial score (nSPS) is 12.2. The van der Waals surface area contributed by atoms with Gasteiger partial charge in [-0.15, -0.1) is 0 Å². The first-order valence-corrected chi connectivity index (χ1v) is 10.2. The van der Waals surface area contributed by atoms with Gasteiger partial charge >= 0.3 is 0 Å². The van der Waals surface area contributed by atoms with Crippen LogP contribution in [0.5, 0.6) is 0 Å². The van der Waals surface area contributed by atoms with Crippen molar-refractivity contribution in [2.45, 2.75) is 4.90 Å². The van der Waals surface area contributed by atoms with Gasteiger partial charge < -0.3 is 5.32 Å². The van der Waals surface area contributed by atoms with E-state index in [9.17, 15) is 21.6 Å². The van der Waals surface area contributed by atoms with E-state index in [0.29, 0.717) is 4.47 Å². The molecule has 0 spiro atoms. The lowest BCUT2D eigenvalue weighted by atomic mass is 10.2. The summed E-state index contributed by atoms with van der Waals surface area (Å²) in [5.74, 6) is -0.943. The lowest BCUT2D eigenvalue weighted by Gasteiger charge is -2.10. The van der Waals surface area contributed by atoms with Gasteiger partial charge in [0, 0.05) is 17.3 Å². The van der Waals surface area contributed by atoms with Gasteiger partial charge in [0.25, 0.3) is 5.91 Å². The fraction of sp³-hybridized carbons (Fsp3) is 0.300. The number of sulfone groups is 1. The van der Waals surface area contributed by atoms with Gasteiger partial charge in [-0.25, -0.2) is 22.0 Å². The molecule has 21 heavy (non-hydrogen) atoms. The Morgan fingerprint density at radius 1 is 1.33 bits per heavy atom. The lowest BCUT2D eigenvalue weighted by molar-refractivity contribution is 0.0956. The third kappa shape index (κ3) is 5.55. The lowest BCUT2D eigenvalue weighted by Crippen LogP contribution is -2.29. The molecule has 0 saturated heterocycles. The molecule has 0 aliphatic heterocycles. The highest BCUT2D eigenvalue weighted by atomic mass is 79.9. The van der Waals surface area contributed by atoms with E-state index < -0.39 is 30.7 Å². The Kier molecular flexibility index (Phi) is 5.78. The zero-order valence-corrected chi connectivity index (χ0v) is 14.7. The predicted molar refractivity (Wildman–Crippen MR) is 82.6 cm³/mol. The third-order valence-electron chi connectivity index (χ3n) is 2.31. The average molecular weight is 420 g/mol. The second kappa shape index (κ2) is 6.61. The first-order chi connectivity index (χ1) is 9.42. The molecule has 0 radical (unpaired) electrons. The van der Waals surface area contributed by atoms with Crippen molar-refractivity contribution in [3.63, 3.8) is 0 Å². The van der Waals surface area contributed by atoms with Gasteiger partial charge in [-0.05, 0) is 12.1 Å². The number of carbonyl (C=O) groups excluding carboxylic acids is 1. The van der Waals surface area contributed by atoms with Crippen molar-refractivity contribution >= 4 is 53.3 Å². The van der Waals surface area contributed by atoms with Crippen LogP contribution in [0.25, 0.3) is 0 Å². The van der Waals surface area contributed by atoms with Crippen LogP contribution in [0.15, 0.2) is 21.5 Å². The van der Waals surface area contributed by atoms with Gasteiger partial charge in [0.2, 0.25) is 10.0 Å². The number of nitrogens with one attached hydrogen (secondary N) is 1. The highest BCUT2D eigenvalue weighted by molar-refractivity contribution is 9.10. The second-order valence-corrected chi connectivity index (χ2v) is 9.28. The Balaban J connectivity index is 3.08. The van der Waals surface area contributed by atoms with Gasteiger partial charge in [-0.2, -0.15) is 0 Å². The summed E-state index contributed by atoms with van der Waals surface area (Å²) >= 11 is 8.92. The Labute approximate surface area is 135 Å². The molecule has 11 heteroatoms. The number of carbonyl (C=O) groups is 1. The van der Waals surface area contributed by atoms with E-state index in [1.807, 2.05) is 0 Å². The van der Waals surface area contributed by atoms with Crippen LogP contribution in [0.2, 0.25) is 5.02 Å². The number of nitrogens with two attached hydrogens (primary N) is 1. The number of halogens is 2. The van der Waals surface area contributed by atoms with E-state index >= 15 is 0 Å². The van der Waals surface area contributed by atoms with Crippen molar-refractivity contribution in [1.29, 1.82) is 0 Å². The van der Waals surface area contributed by atoms with Crippen LogP contribution >= 0.6 is 27.5 Å². The molecule has 0 fully saturated rings. The molecule has 0 aromatic heterocycles. The fourth-order valence-electron chi connectivity index (χ4n) is 1.38. The molecule has 0 atom stereocenters. The maximum absolute atomic E-state index is 11.9. The fourth-order valence-corrected chi connectivity index (χ4v) is 3.63. The molecular weight excluding hydrogens is 408 g/mol. The van der Waals surface area contributed by atoms with Gasteiger partial charge in [0.1, 0.15) is 14.7 Å². The molecule has 3 N–H and O–H groups in total. The molecule has 0 aliphatic carbocycles. The van der Waals surface area contributed by atoms with Gasteiger partial charge in [-0.3, -0.25) is 4.79 Å². The molecule has 0 heterocycles. The zero-order valence-electron chi connectivity index (χ0n) is 10.8. The molecule has 1 aromatic rings. The molecule has 1 rings (SSSR count). The molecule has 1 amide bonds. The Morgan fingerprint density at radius 3 is 2.38 bits per heavy atom. The summed E-state index contributed by atoms with van der Waals surface area (Å²) in [6, 6.07) is 2.48. The number of sulfonamides is 1. The number of benzene rings is 1. The van der Waals surface area contributed by atoms with Crippen LogP contribution < -0.4 is 10.5 Å². The van der Waals surface area contributed by atoms with Crippen molar-refractivity contribution in [3.8, 4) is 0 Å². The number of primary sulfonamides is 1. The minimum atomic E-state index is -4.09. The quantitative estimate of drug-likeness (QED) is 0.720. The summed E-state index contributed by atoms with van der Waals surface area (Å²) in [5.41, 5.74) is -0.122. The van der Waals surface area contributed by atoms with E-state index in [1.54, 1.807) is 0 Å². The summed E-state index contributed by atoms with van der Waals surface area (Å²) in [6.45, 7) is -0.120. The highest BCUT2D eigenvalue weighted by Crippen LogP contribution is 2.28. The van der Waals surface area contributed by atoms with Gasteiger partial charge in [-0.1, -0.05) is 27.5 Å². The van der Waals surface area contributed by atoms with Gasteiger partial charge in [0.15, 0.2) is 0 Å². The molecule has 0 bridgehead atoms. The molecule has 0 unspecified atom stereocenters. The monoisotopic (exact) mass is 418 g/mol. The number of amides is 1. The SMILES string of the molecule is CS(=O)(=O)CCNC(=O)c1cc(Br)cc(S(N)(=O)=O)c1Cl. The topological polar surface area (TPSA) is 123 Å². The van der Waals surface area contributed by atoms with Crippen LogP contribution in [0, 0.1) is 0 Å². The average Bonchev–Trinajstić information content (AvgIpc) is 2.28. The maximum Gasteiger partial charge on any atom is 0.252 e. The van der Waals surface area contributed by atoms with Crippen LogP contribution in [0.4, 0.5) is 0 Å². The standard InChI is InChI=1S/C10H12BrClN2O5S2/c1-20(16,17)3-2-14-10(15)7-4-6(11)5-8(9(7)12)21(13,18)19/h4-5H,2-3H2,1H3,(H,14,15)(H2,13,18,19). The van der Waals surface area contributed by atoms with E-state index in [4.69, 9.17) is 16.7 Å². The van der Waals surface area contributed by atoms with Crippen LogP contribution in [0.3, 0.4) is 0 Å². The van der Waals surface area contributed by atoms with Crippen molar-refractivity contribution in [2.24, 2.45) is 5.14 Å². The van der Waals surface area contributed by atoms with Gasteiger partial charge in [0.05, 0.1) is 16.3 Å². The summed E-state index contributed by atoms with van der Waals surface area (Å²) in [7, 11) is -7.32. The van der Waals surface area contributed by atoms with Crippen molar-refractivity contribution in [2.75, 3.05) is 18.6 Å². The van der Waals surface area contributed by atoms with Crippen LogP contribution in [-0.4, -0.2) is 41.3 Å². The van der Waals surface area contributed by atoms with Crippen molar-refractivity contribution in [1.82, 2.24) is 5.32 Å². The molecule has 118 valence electrons. The Morgan fingerprint density at radius 2 is 1.90 bits per heavy atom. The second-order valence-electron chi connectivity index (χ2n) is 4.20. The summed E-state index contributed by atoms with van der Waals surface area (Å²) in [6.07, 6.45) is 1.03. The van der Waals surface area contributed by atoms with E-state index in [2.05, 4.69) is 21.2 Å². The van der Waals surface area contributed by atoms with E-state index in [0.717, 1.165) is 6.26 Å². The van der Waals surface area contributed by atoms with E-state index in [-0.39, 0.29) is 22.9 Å². The first-order valence-electron chi connectivity index (χ1n) is 5.39. The molecule has 7 nitrogen and oxygen atoms in total. The molecule has 0 saturated carbocycles. The summed E-state index contributed by atoms with van der Waals surface area (Å²) < 4.78 is 45.0. The minimum Gasteiger partial charge on any atom is -0.351 e. The Bertz CT molecular complexity index is 777. The van der Waals surface area contributed by atoms with E-state index in [1.165, 1.54) is 12.1 Å². The van der Waals surface area contributed by atoms with Crippen LogP contribution in [0.1, 0.15) is 10.4 Å². The maximum atomic E-state index is 11.9. The molecule has 0 aliphatic rings. The van der Waals surface area contributed by atoms with Crippen molar-refractivity contribution < 1.29 is 21.6 Å². The number of hydrogen-bond acceptors (Lipinski definition) is 5. The van der Waals surface area contributed by atoms with Crippen molar-refractivity contribution in [3.05, 3.63) is 27.2 Å². The zero-order chi connectivity index (χ0) is 16.4. The number of rotatable bonds is 5. The summed E-state index contributed by atoms with van der Waals surface area (Å²) in [5, 5.41) is 7.03. The third-order valence-corrected chi connectivity index (χ3v) is 5.17. The Hall–Kier alpha value is -0.680.